The molecule has 2 N–H and O–H groups in total. The van der Waals surface area contributed by atoms with Crippen molar-refractivity contribution >= 4 is 40.9 Å². The number of methoxy groups -OCH3 is 1. The quantitative estimate of drug-likeness (QED) is 0.289. The maximum absolute atomic E-state index is 13.4. The molecule has 1 fully saturated rings. The van der Waals surface area contributed by atoms with Crippen LogP contribution in [0.1, 0.15) is 57.4 Å². The fourth-order valence-electron chi connectivity index (χ4n) is 4.61. The van der Waals surface area contributed by atoms with Gasteiger partial charge in [-0.15, -0.1) is 0 Å². The molecule has 0 aromatic heterocycles. The first-order chi connectivity index (χ1) is 17.9. The zero-order valence-electron chi connectivity index (χ0n) is 21.7. The Labute approximate surface area is 223 Å². The third kappa shape index (κ3) is 6.62. The van der Waals surface area contributed by atoms with Crippen LogP contribution in [0.2, 0.25) is 0 Å². The SMILES string of the molecule is COCCCN1C(=O)C(Nc2ccc(C(C)C)cc2)=C(Sc2cccc(NC(=O)C3CCCC3)c2)C1=O. The standard InChI is InChI=1S/C29H35N3O4S/c1-19(2)20-12-14-22(15-13-20)30-25-26(29(35)32(28(25)34)16-7-17-36-3)37-24-11-6-10-23(18-24)31-27(33)21-8-4-5-9-21/h6,10-15,18-19,21,30H,4-5,7-9,16-17H2,1-3H3,(H,31,33). The molecule has 1 aliphatic heterocycles. The van der Waals surface area contributed by atoms with Gasteiger partial charge in [0.25, 0.3) is 11.8 Å². The zero-order chi connectivity index (χ0) is 26.4. The van der Waals surface area contributed by atoms with Gasteiger partial charge in [-0.3, -0.25) is 19.3 Å². The van der Waals surface area contributed by atoms with Crippen LogP contribution >= 0.6 is 11.8 Å². The van der Waals surface area contributed by atoms with Crippen molar-refractivity contribution in [3.63, 3.8) is 0 Å². The lowest BCUT2D eigenvalue weighted by molar-refractivity contribution is -0.137. The number of hydrogen-bond acceptors (Lipinski definition) is 6. The zero-order valence-corrected chi connectivity index (χ0v) is 22.5. The molecule has 0 spiro atoms. The largest absolute Gasteiger partial charge is 0.385 e. The second kappa shape index (κ2) is 12.4. The van der Waals surface area contributed by atoms with Crippen molar-refractivity contribution in [2.75, 3.05) is 30.9 Å². The number of carbonyl (C=O) groups is 3. The van der Waals surface area contributed by atoms with Crippen molar-refractivity contribution < 1.29 is 19.1 Å². The molecule has 0 unspecified atom stereocenters. The average Bonchev–Trinajstić information content (AvgIpc) is 3.50. The van der Waals surface area contributed by atoms with E-state index in [1.165, 1.54) is 22.2 Å². The van der Waals surface area contributed by atoms with Crippen molar-refractivity contribution in [1.29, 1.82) is 0 Å². The highest BCUT2D eigenvalue weighted by Gasteiger charge is 2.39. The molecule has 0 atom stereocenters. The molecule has 7 nitrogen and oxygen atoms in total. The molecule has 0 radical (unpaired) electrons. The van der Waals surface area contributed by atoms with Gasteiger partial charge in [0, 0.05) is 42.4 Å². The molecule has 1 heterocycles. The van der Waals surface area contributed by atoms with E-state index in [1.807, 2.05) is 48.5 Å². The van der Waals surface area contributed by atoms with Crippen LogP contribution in [0.15, 0.2) is 64.0 Å². The number of carbonyl (C=O) groups excluding carboxylic acids is 3. The van der Waals surface area contributed by atoms with E-state index in [9.17, 15) is 14.4 Å². The van der Waals surface area contributed by atoms with Gasteiger partial charge in [0.05, 0.1) is 0 Å². The molecule has 0 bridgehead atoms. The van der Waals surface area contributed by atoms with Crippen LogP contribution in [0.5, 0.6) is 0 Å². The summed E-state index contributed by atoms with van der Waals surface area (Å²) in [7, 11) is 1.60. The van der Waals surface area contributed by atoms with Crippen molar-refractivity contribution in [1.82, 2.24) is 4.90 Å². The first-order valence-electron chi connectivity index (χ1n) is 12.9. The maximum Gasteiger partial charge on any atom is 0.278 e. The van der Waals surface area contributed by atoms with Gasteiger partial charge in [-0.1, -0.05) is 56.7 Å². The number of benzene rings is 2. The predicted molar refractivity (Wildman–Crippen MR) is 147 cm³/mol. The summed E-state index contributed by atoms with van der Waals surface area (Å²) >= 11 is 1.24. The fraction of sp³-hybridized carbons (Fsp3) is 0.414. The summed E-state index contributed by atoms with van der Waals surface area (Å²) in [6, 6.07) is 15.3. The van der Waals surface area contributed by atoms with Gasteiger partial charge >= 0.3 is 0 Å². The van der Waals surface area contributed by atoms with E-state index < -0.39 is 0 Å². The molecule has 3 amide bonds. The second-order valence-electron chi connectivity index (χ2n) is 9.81. The topological polar surface area (TPSA) is 87.7 Å². The van der Waals surface area contributed by atoms with Crippen molar-refractivity contribution in [2.45, 2.75) is 56.8 Å². The van der Waals surface area contributed by atoms with Crippen molar-refractivity contribution in [3.8, 4) is 0 Å². The van der Waals surface area contributed by atoms with E-state index in [-0.39, 0.29) is 35.9 Å². The first-order valence-corrected chi connectivity index (χ1v) is 13.7. The Morgan fingerprint density at radius 1 is 1.05 bits per heavy atom. The summed E-state index contributed by atoms with van der Waals surface area (Å²) in [4.78, 5) is 41.7. The Kier molecular flexibility index (Phi) is 9.05. The van der Waals surface area contributed by atoms with Crippen molar-refractivity contribution in [2.24, 2.45) is 5.92 Å². The number of thioether (sulfide) groups is 1. The number of nitrogens with zero attached hydrogens (tertiary/aromatic N) is 1. The predicted octanol–water partition coefficient (Wildman–Crippen LogP) is 5.76. The van der Waals surface area contributed by atoms with Gasteiger partial charge < -0.3 is 15.4 Å². The van der Waals surface area contributed by atoms with Gasteiger partial charge in [0.1, 0.15) is 10.6 Å². The number of nitrogens with one attached hydrogen (secondary N) is 2. The summed E-state index contributed by atoms with van der Waals surface area (Å²) in [5.41, 5.74) is 2.90. The van der Waals surface area contributed by atoms with Crippen LogP contribution in [0.4, 0.5) is 11.4 Å². The van der Waals surface area contributed by atoms with Crippen LogP contribution in [-0.2, 0) is 19.1 Å². The normalized spacial score (nSPS) is 16.3. The molecule has 8 heteroatoms. The molecule has 2 aromatic rings. The molecule has 196 valence electrons. The molecule has 2 aromatic carbocycles. The minimum Gasteiger partial charge on any atom is -0.385 e. The number of anilines is 2. The number of rotatable bonds is 11. The van der Waals surface area contributed by atoms with Gasteiger partial charge in [-0.2, -0.15) is 0 Å². The Balaban J connectivity index is 1.56. The van der Waals surface area contributed by atoms with Gasteiger partial charge in [-0.25, -0.2) is 0 Å². The van der Waals surface area contributed by atoms with E-state index in [4.69, 9.17) is 4.74 Å². The third-order valence-electron chi connectivity index (χ3n) is 6.75. The third-order valence-corrected chi connectivity index (χ3v) is 7.82. The van der Waals surface area contributed by atoms with E-state index in [2.05, 4.69) is 24.5 Å². The van der Waals surface area contributed by atoms with E-state index in [0.717, 1.165) is 36.3 Å². The minimum atomic E-state index is -0.345. The molecule has 0 saturated heterocycles. The van der Waals surface area contributed by atoms with Crippen LogP contribution in [0, 0.1) is 5.92 Å². The molecule has 1 saturated carbocycles. The van der Waals surface area contributed by atoms with Crippen LogP contribution < -0.4 is 10.6 Å². The van der Waals surface area contributed by atoms with Gasteiger partial charge in [0.2, 0.25) is 5.91 Å². The Morgan fingerprint density at radius 3 is 2.46 bits per heavy atom. The average molecular weight is 522 g/mol. The lowest BCUT2D eigenvalue weighted by atomic mass is 10.0. The van der Waals surface area contributed by atoms with Crippen LogP contribution in [0.25, 0.3) is 0 Å². The molecule has 4 rings (SSSR count). The Morgan fingerprint density at radius 2 is 1.78 bits per heavy atom. The second-order valence-corrected chi connectivity index (χ2v) is 10.9. The van der Waals surface area contributed by atoms with Gasteiger partial charge in [-0.05, 0) is 61.1 Å². The van der Waals surface area contributed by atoms with E-state index in [0.29, 0.717) is 29.5 Å². The maximum atomic E-state index is 13.4. The van der Waals surface area contributed by atoms with Crippen LogP contribution in [0.3, 0.4) is 0 Å². The lowest BCUT2D eigenvalue weighted by Crippen LogP contribution is -2.33. The molecule has 1 aliphatic carbocycles. The van der Waals surface area contributed by atoms with E-state index >= 15 is 0 Å². The lowest BCUT2D eigenvalue weighted by Gasteiger charge is -2.15. The van der Waals surface area contributed by atoms with Crippen molar-refractivity contribution in [3.05, 3.63) is 64.7 Å². The highest BCUT2D eigenvalue weighted by atomic mass is 32.2. The summed E-state index contributed by atoms with van der Waals surface area (Å²) in [5, 5.41) is 6.23. The Bertz CT molecular complexity index is 1170. The molecular weight excluding hydrogens is 486 g/mol. The number of imide groups is 1. The van der Waals surface area contributed by atoms with E-state index in [1.54, 1.807) is 7.11 Å². The first kappa shape index (κ1) is 26.9. The smallest absolute Gasteiger partial charge is 0.278 e. The summed E-state index contributed by atoms with van der Waals surface area (Å²) in [6.45, 7) is 4.99. The summed E-state index contributed by atoms with van der Waals surface area (Å²) in [6.07, 6.45) is 4.60. The minimum absolute atomic E-state index is 0.0440. The fourth-order valence-corrected chi connectivity index (χ4v) is 5.62. The molecule has 2 aliphatic rings. The monoisotopic (exact) mass is 521 g/mol. The molecular formula is C29H35N3O4S. The van der Waals surface area contributed by atoms with Gasteiger partial charge in [0.15, 0.2) is 0 Å². The van der Waals surface area contributed by atoms with Crippen LogP contribution in [-0.4, -0.2) is 42.9 Å². The number of amides is 3. The summed E-state index contributed by atoms with van der Waals surface area (Å²) in [5.74, 6) is -0.170. The Hall–Kier alpha value is -3.10. The summed E-state index contributed by atoms with van der Waals surface area (Å²) < 4.78 is 5.11. The number of hydrogen-bond donors (Lipinski definition) is 2. The highest BCUT2D eigenvalue weighted by molar-refractivity contribution is 8.04. The highest BCUT2D eigenvalue weighted by Crippen LogP contribution is 2.37. The molecule has 37 heavy (non-hydrogen) atoms. The number of ether oxygens (including phenoxy) is 1.